The number of pyridine rings is 1. The van der Waals surface area contributed by atoms with Gasteiger partial charge in [-0.2, -0.15) is 0 Å². The molecule has 3 heterocycles. The zero-order valence-corrected chi connectivity index (χ0v) is 18.3. The van der Waals surface area contributed by atoms with Crippen LogP contribution in [0.25, 0.3) is 5.69 Å². The summed E-state index contributed by atoms with van der Waals surface area (Å²) in [7, 11) is 0. The number of rotatable bonds is 5. The lowest BCUT2D eigenvalue weighted by Crippen LogP contribution is -2.30. The molecule has 0 aliphatic carbocycles. The topological polar surface area (TPSA) is 33.1 Å². The van der Waals surface area contributed by atoms with Crippen molar-refractivity contribution < 1.29 is 0 Å². The monoisotopic (exact) mass is 404 g/mol. The summed E-state index contributed by atoms with van der Waals surface area (Å²) in [5.74, 6) is 0. The van der Waals surface area contributed by atoms with E-state index in [4.69, 9.17) is 12.2 Å². The maximum atomic E-state index is 5.73. The molecule has 0 radical (unpaired) electrons. The van der Waals surface area contributed by atoms with Crippen molar-refractivity contribution in [3.05, 3.63) is 82.9 Å². The first-order chi connectivity index (χ1) is 14.0. The summed E-state index contributed by atoms with van der Waals surface area (Å²) < 4.78 is 2.34. The predicted molar refractivity (Wildman–Crippen MR) is 122 cm³/mol. The smallest absolute Gasteiger partial charge is 0.170 e. The Kier molecular flexibility index (Phi) is 5.41. The van der Waals surface area contributed by atoms with Crippen molar-refractivity contribution in [2.45, 2.75) is 46.2 Å². The number of aromatic nitrogens is 2. The lowest BCUT2D eigenvalue weighted by Gasteiger charge is -2.27. The number of benzene rings is 1. The third-order valence-electron chi connectivity index (χ3n) is 5.74. The molecule has 1 saturated heterocycles. The second-order valence-corrected chi connectivity index (χ2v) is 8.20. The first-order valence-corrected chi connectivity index (χ1v) is 10.7. The van der Waals surface area contributed by atoms with Crippen LogP contribution < -0.4 is 5.32 Å². The van der Waals surface area contributed by atoms with Gasteiger partial charge in [0.1, 0.15) is 0 Å². The van der Waals surface area contributed by atoms with E-state index in [2.05, 4.69) is 83.9 Å². The van der Waals surface area contributed by atoms with Crippen molar-refractivity contribution in [1.29, 1.82) is 0 Å². The molecule has 29 heavy (non-hydrogen) atoms. The number of thiocarbonyl (C=S) groups is 1. The summed E-state index contributed by atoms with van der Waals surface area (Å²) in [6, 6.07) is 17.3. The van der Waals surface area contributed by atoms with Crippen LogP contribution in [0.1, 0.15) is 53.6 Å². The summed E-state index contributed by atoms with van der Waals surface area (Å²) in [6.45, 7) is 9.63. The molecule has 3 aromatic rings. The minimum absolute atomic E-state index is 0.0437. The van der Waals surface area contributed by atoms with Gasteiger partial charge in [-0.15, -0.1) is 0 Å². The molecule has 1 aromatic carbocycles. The highest BCUT2D eigenvalue weighted by Crippen LogP contribution is 2.41. The Morgan fingerprint density at radius 2 is 1.83 bits per heavy atom. The standard InChI is InChI=1S/C24H28N4S/c1-5-14-27-23(22(26-24(27)29)21-8-6-7-13-25-21)20-15-17(3)28(18(20)4)19-11-9-16(2)10-12-19/h6-13,15,22-23H,5,14H2,1-4H3,(H,26,29)/t22-,23-/m1/s1. The van der Waals surface area contributed by atoms with Crippen LogP contribution in [0.15, 0.2) is 54.7 Å². The third-order valence-corrected chi connectivity index (χ3v) is 6.10. The Hall–Kier alpha value is -2.66. The largest absolute Gasteiger partial charge is 0.352 e. The van der Waals surface area contributed by atoms with E-state index < -0.39 is 0 Å². The van der Waals surface area contributed by atoms with Crippen molar-refractivity contribution in [2.24, 2.45) is 0 Å². The fourth-order valence-electron chi connectivity index (χ4n) is 4.40. The summed E-state index contributed by atoms with van der Waals surface area (Å²) in [5.41, 5.74) is 7.28. The van der Waals surface area contributed by atoms with Gasteiger partial charge in [-0.25, -0.2) is 0 Å². The average molecular weight is 405 g/mol. The van der Waals surface area contributed by atoms with E-state index in [-0.39, 0.29) is 12.1 Å². The number of nitrogens with zero attached hydrogens (tertiary/aromatic N) is 3. The molecule has 150 valence electrons. The molecule has 1 aliphatic rings. The van der Waals surface area contributed by atoms with E-state index in [1.807, 2.05) is 18.3 Å². The van der Waals surface area contributed by atoms with Gasteiger partial charge in [0.2, 0.25) is 0 Å². The van der Waals surface area contributed by atoms with Gasteiger partial charge in [0.25, 0.3) is 0 Å². The van der Waals surface area contributed by atoms with Gasteiger partial charge < -0.3 is 14.8 Å². The minimum Gasteiger partial charge on any atom is -0.352 e. The molecule has 2 atom stereocenters. The van der Waals surface area contributed by atoms with Crippen LogP contribution in [0.3, 0.4) is 0 Å². The molecule has 0 unspecified atom stereocenters. The van der Waals surface area contributed by atoms with Gasteiger partial charge in [0.15, 0.2) is 5.11 Å². The maximum Gasteiger partial charge on any atom is 0.170 e. The molecule has 0 amide bonds. The fourth-order valence-corrected chi connectivity index (χ4v) is 4.74. The molecule has 1 aliphatic heterocycles. The maximum absolute atomic E-state index is 5.73. The van der Waals surface area contributed by atoms with Crippen LogP contribution in [0.2, 0.25) is 0 Å². The average Bonchev–Trinajstić information content (AvgIpc) is 3.20. The van der Waals surface area contributed by atoms with Gasteiger partial charge in [-0.1, -0.05) is 30.7 Å². The lowest BCUT2D eigenvalue weighted by molar-refractivity contribution is 0.316. The molecule has 0 saturated carbocycles. The van der Waals surface area contributed by atoms with E-state index in [0.29, 0.717) is 0 Å². The third kappa shape index (κ3) is 3.55. The van der Waals surface area contributed by atoms with Gasteiger partial charge >= 0.3 is 0 Å². The second-order valence-electron chi connectivity index (χ2n) is 7.82. The molecule has 1 N–H and O–H groups in total. The molecule has 4 nitrogen and oxygen atoms in total. The van der Waals surface area contributed by atoms with Crippen LogP contribution in [-0.2, 0) is 0 Å². The molecule has 5 heteroatoms. The molecular weight excluding hydrogens is 376 g/mol. The summed E-state index contributed by atoms with van der Waals surface area (Å²) in [6.07, 6.45) is 2.90. The van der Waals surface area contributed by atoms with Crippen molar-refractivity contribution >= 4 is 17.3 Å². The van der Waals surface area contributed by atoms with E-state index in [9.17, 15) is 0 Å². The molecule has 0 bridgehead atoms. The van der Waals surface area contributed by atoms with Gasteiger partial charge in [-0.3, -0.25) is 4.98 Å². The number of nitrogens with one attached hydrogen (secondary N) is 1. The van der Waals surface area contributed by atoms with Gasteiger partial charge in [0, 0.05) is 29.8 Å². The van der Waals surface area contributed by atoms with E-state index in [1.54, 1.807) is 0 Å². The highest BCUT2D eigenvalue weighted by atomic mass is 32.1. The van der Waals surface area contributed by atoms with Crippen LogP contribution in [0.4, 0.5) is 0 Å². The first-order valence-electron chi connectivity index (χ1n) is 10.2. The first kappa shape index (κ1) is 19.6. The van der Waals surface area contributed by atoms with Crippen LogP contribution in [-0.4, -0.2) is 26.1 Å². The van der Waals surface area contributed by atoms with Gasteiger partial charge in [0.05, 0.1) is 17.8 Å². The SMILES string of the molecule is CCCN1C(=S)N[C@H](c2ccccn2)[C@H]1c1cc(C)n(-c2ccc(C)cc2)c1C. The molecule has 2 aromatic heterocycles. The van der Waals surface area contributed by atoms with Crippen LogP contribution in [0, 0.1) is 20.8 Å². The summed E-state index contributed by atoms with van der Waals surface area (Å²) in [5, 5.41) is 4.36. The Morgan fingerprint density at radius 3 is 2.48 bits per heavy atom. The van der Waals surface area contributed by atoms with Crippen molar-refractivity contribution in [2.75, 3.05) is 6.54 Å². The zero-order valence-electron chi connectivity index (χ0n) is 17.5. The number of aryl methyl sites for hydroxylation is 2. The van der Waals surface area contributed by atoms with Crippen molar-refractivity contribution in [1.82, 2.24) is 19.8 Å². The normalized spacial score (nSPS) is 18.9. The Bertz CT molecular complexity index is 1010. The Labute approximate surface area is 178 Å². The Balaban J connectivity index is 1.82. The van der Waals surface area contributed by atoms with Crippen LogP contribution in [0.5, 0.6) is 0 Å². The second kappa shape index (κ2) is 7.99. The van der Waals surface area contributed by atoms with Crippen molar-refractivity contribution in [3.8, 4) is 5.69 Å². The Morgan fingerprint density at radius 1 is 1.07 bits per heavy atom. The van der Waals surface area contributed by atoms with Crippen molar-refractivity contribution in [3.63, 3.8) is 0 Å². The molecule has 4 rings (SSSR count). The summed E-state index contributed by atoms with van der Waals surface area (Å²) >= 11 is 5.73. The number of hydrogen-bond donors (Lipinski definition) is 1. The van der Waals surface area contributed by atoms with Gasteiger partial charge in [-0.05, 0) is 75.3 Å². The van der Waals surface area contributed by atoms with E-state index in [0.717, 1.165) is 23.8 Å². The van der Waals surface area contributed by atoms with E-state index in [1.165, 1.54) is 28.2 Å². The fraction of sp³-hybridized carbons (Fsp3) is 0.333. The summed E-state index contributed by atoms with van der Waals surface area (Å²) in [4.78, 5) is 6.97. The van der Waals surface area contributed by atoms with E-state index >= 15 is 0 Å². The highest BCUT2D eigenvalue weighted by molar-refractivity contribution is 7.80. The lowest BCUT2D eigenvalue weighted by atomic mass is 9.96. The number of hydrogen-bond acceptors (Lipinski definition) is 2. The van der Waals surface area contributed by atoms with Crippen LogP contribution >= 0.6 is 12.2 Å². The molecule has 0 spiro atoms. The quantitative estimate of drug-likeness (QED) is 0.594. The predicted octanol–water partition coefficient (Wildman–Crippen LogP) is 5.18. The highest BCUT2D eigenvalue weighted by Gasteiger charge is 2.40. The molecular formula is C24H28N4S. The minimum atomic E-state index is 0.0437. The zero-order chi connectivity index (χ0) is 20.5. The molecule has 1 fully saturated rings.